The van der Waals surface area contributed by atoms with Crippen LogP contribution in [0.4, 0.5) is 5.69 Å². The zero-order chi connectivity index (χ0) is 13.1. The Morgan fingerprint density at radius 1 is 1.24 bits per heavy atom. The fourth-order valence-electron chi connectivity index (χ4n) is 1.17. The lowest BCUT2D eigenvalue weighted by molar-refractivity contribution is -0.123. The lowest BCUT2D eigenvalue weighted by Gasteiger charge is -2.17. The van der Waals surface area contributed by atoms with Gasteiger partial charge in [-0.15, -0.1) is 0 Å². The number of carbonyl (C=O) groups is 1. The second kappa shape index (κ2) is 4.99. The van der Waals surface area contributed by atoms with E-state index in [9.17, 15) is 4.79 Å². The highest BCUT2D eigenvalue weighted by molar-refractivity contribution is 5.99. The largest absolute Gasteiger partial charge is 0.411 e. The number of anilines is 1. The van der Waals surface area contributed by atoms with E-state index in [1.54, 1.807) is 31.2 Å². The summed E-state index contributed by atoms with van der Waals surface area (Å²) in [6.07, 6.45) is 0. The van der Waals surface area contributed by atoms with Crippen LogP contribution in [0.2, 0.25) is 0 Å². The molecule has 0 aliphatic heterocycles. The van der Waals surface area contributed by atoms with Gasteiger partial charge in [-0.05, 0) is 24.6 Å². The van der Waals surface area contributed by atoms with Crippen molar-refractivity contribution < 1.29 is 10.0 Å². The molecular weight excluding hydrogens is 216 g/mol. The first kappa shape index (κ1) is 13.2. The molecule has 1 amide bonds. The van der Waals surface area contributed by atoms with Crippen molar-refractivity contribution in [2.24, 2.45) is 10.6 Å². The van der Waals surface area contributed by atoms with Crippen LogP contribution in [-0.2, 0) is 4.79 Å². The Morgan fingerprint density at radius 3 is 2.18 bits per heavy atom. The Kier molecular flexibility index (Phi) is 3.89. The minimum Gasteiger partial charge on any atom is -0.411 e. The van der Waals surface area contributed by atoms with Crippen LogP contribution in [0.15, 0.2) is 29.4 Å². The zero-order valence-corrected chi connectivity index (χ0v) is 10.6. The van der Waals surface area contributed by atoms with E-state index in [1.165, 1.54) is 0 Å². The molecule has 0 spiro atoms. The van der Waals surface area contributed by atoms with Crippen LogP contribution >= 0.6 is 0 Å². The summed E-state index contributed by atoms with van der Waals surface area (Å²) in [4.78, 5) is 11.7. The summed E-state index contributed by atoms with van der Waals surface area (Å²) in [5.74, 6) is -0.0298. The Hall–Kier alpha value is -1.84. The average Bonchev–Trinajstić information content (AvgIpc) is 2.27. The molecule has 0 atom stereocenters. The van der Waals surface area contributed by atoms with Gasteiger partial charge in [-0.1, -0.05) is 38.1 Å². The van der Waals surface area contributed by atoms with E-state index in [4.69, 9.17) is 5.21 Å². The number of hydrogen-bond acceptors (Lipinski definition) is 3. The van der Waals surface area contributed by atoms with Crippen LogP contribution in [0.3, 0.4) is 0 Å². The molecule has 17 heavy (non-hydrogen) atoms. The molecule has 0 aromatic heterocycles. The number of amides is 1. The second-order valence-electron chi connectivity index (χ2n) is 4.97. The van der Waals surface area contributed by atoms with Gasteiger partial charge in [0.1, 0.15) is 0 Å². The second-order valence-corrected chi connectivity index (χ2v) is 4.97. The predicted octanol–water partition coefficient (Wildman–Crippen LogP) is 2.87. The van der Waals surface area contributed by atoms with Crippen molar-refractivity contribution >= 4 is 17.3 Å². The van der Waals surface area contributed by atoms with Crippen molar-refractivity contribution in [1.82, 2.24) is 0 Å². The highest BCUT2D eigenvalue weighted by Crippen LogP contribution is 2.17. The molecule has 4 heteroatoms. The van der Waals surface area contributed by atoms with Gasteiger partial charge < -0.3 is 10.5 Å². The quantitative estimate of drug-likeness (QED) is 0.469. The molecule has 1 rings (SSSR count). The lowest BCUT2D eigenvalue weighted by atomic mass is 9.95. The number of nitrogens with zero attached hydrogens (tertiary/aromatic N) is 1. The van der Waals surface area contributed by atoms with E-state index in [0.717, 1.165) is 11.3 Å². The van der Waals surface area contributed by atoms with Gasteiger partial charge in [0.05, 0.1) is 5.71 Å². The number of rotatable bonds is 2. The molecule has 0 saturated heterocycles. The SMILES string of the molecule is C/C(=N/O)c1ccc(NC(=O)C(C)(C)C)cc1. The van der Waals surface area contributed by atoms with Crippen molar-refractivity contribution in [3.05, 3.63) is 29.8 Å². The summed E-state index contributed by atoms with van der Waals surface area (Å²) in [5.41, 5.74) is 1.68. The fourth-order valence-corrected chi connectivity index (χ4v) is 1.17. The first-order chi connectivity index (χ1) is 7.84. The van der Waals surface area contributed by atoms with E-state index in [1.807, 2.05) is 20.8 Å². The topological polar surface area (TPSA) is 61.7 Å². The van der Waals surface area contributed by atoms with Gasteiger partial charge in [0.25, 0.3) is 0 Å². The first-order valence-corrected chi connectivity index (χ1v) is 5.45. The zero-order valence-electron chi connectivity index (χ0n) is 10.6. The smallest absolute Gasteiger partial charge is 0.229 e. The van der Waals surface area contributed by atoms with Crippen molar-refractivity contribution in [2.45, 2.75) is 27.7 Å². The molecule has 0 saturated carbocycles. The Bertz CT molecular complexity index is 428. The third-order valence-electron chi connectivity index (χ3n) is 2.39. The maximum Gasteiger partial charge on any atom is 0.229 e. The molecule has 2 N–H and O–H groups in total. The van der Waals surface area contributed by atoms with Crippen LogP contribution in [0.5, 0.6) is 0 Å². The summed E-state index contributed by atoms with van der Waals surface area (Å²) < 4.78 is 0. The number of nitrogens with one attached hydrogen (secondary N) is 1. The standard InChI is InChI=1S/C13H18N2O2/c1-9(15-17)10-5-7-11(8-6-10)14-12(16)13(2,3)4/h5-8,17H,1-4H3,(H,14,16)/b15-9-. The fraction of sp³-hybridized carbons (Fsp3) is 0.385. The molecular formula is C13H18N2O2. The maximum atomic E-state index is 11.7. The Labute approximate surface area is 101 Å². The van der Waals surface area contributed by atoms with Gasteiger partial charge in [0.15, 0.2) is 0 Å². The third kappa shape index (κ3) is 3.59. The van der Waals surface area contributed by atoms with Crippen molar-refractivity contribution in [2.75, 3.05) is 5.32 Å². The normalized spacial score (nSPS) is 12.4. The highest BCUT2D eigenvalue weighted by Gasteiger charge is 2.20. The summed E-state index contributed by atoms with van der Waals surface area (Å²) in [7, 11) is 0. The van der Waals surface area contributed by atoms with Crippen molar-refractivity contribution in [3.63, 3.8) is 0 Å². The summed E-state index contributed by atoms with van der Waals surface area (Å²) in [5, 5.41) is 14.6. The molecule has 0 bridgehead atoms. The van der Waals surface area contributed by atoms with Crippen LogP contribution < -0.4 is 5.32 Å². The predicted molar refractivity (Wildman–Crippen MR) is 68.5 cm³/mol. The maximum absolute atomic E-state index is 11.7. The molecule has 0 fully saturated rings. The number of benzene rings is 1. The monoisotopic (exact) mass is 234 g/mol. The average molecular weight is 234 g/mol. The van der Waals surface area contributed by atoms with Gasteiger partial charge in [0.2, 0.25) is 5.91 Å². The van der Waals surface area contributed by atoms with E-state index in [0.29, 0.717) is 5.71 Å². The summed E-state index contributed by atoms with van der Waals surface area (Å²) in [6, 6.07) is 7.17. The third-order valence-corrected chi connectivity index (χ3v) is 2.39. The Balaban J connectivity index is 2.80. The molecule has 0 unspecified atom stereocenters. The molecule has 0 aliphatic carbocycles. The van der Waals surface area contributed by atoms with Crippen LogP contribution in [0, 0.1) is 5.41 Å². The molecule has 0 radical (unpaired) electrons. The van der Waals surface area contributed by atoms with Gasteiger partial charge in [-0.2, -0.15) is 0 Å². The van der Waals surface area contributed by atoms with Gasteiger partial charge >= 0.3 is 0 Å². The molecule has 92 valence electrons. The number of oxime groups is 1. The number of carbonyl (C=O) groups excluding carboxylic acids is 1. The number of hydrogen-bond donors (Lipinski definition) is 2. The van der Waals surface area contributed by atoms with E-state index in [2.05, 4.69) is 10.5 Å². The van der Waals surface area contributed by atoms with Gasteiger partial charge in [-0.3, -0.25) is 4.79 Å². The molecule has 1 aromatic rings. The molecule has 1 aromatic carbocycles. The minimum absolute atomic E-state index is 0.0298. The molecule has 4 nitrogen and oxygen atoms in total. The van der Waals surface area contributed by atoms with Crippen LogP contribution in [0.25, 0.3) is 0 Å². The van der Waals surface area contributed by atoms with Gasteiger partial charge in [-0.25, -0.2) is 0 Å². The van der Waals surface area contributed by atoms with Crippen LogP contribution in [-0.4, -0.2) is 16.8 Å². The van der Waals surface area contributed by atoms with E-state index >= 15 is 0 Å². The van der Waals surface area contributed by atoms with E-state index in [-0.39, 0.29) is 5.91 Å². The van der Waals surface area contributed by atoms with Gasteiger partial charge in [0, 0.05) is 11.1 Å². The Morgan fingerprint density at radius 2 is 1.76 bits per heavy atom. The van der Waals surface area contributed by atoms with Crippen LogP contribution in [0.1, 0.15) is 33.3 Å². The molecule has 0 aliphatic rings. The summed E-state index contributed by atoms with van der Waals surface area (Å²) >= 11 is 0. The van der Waals surface area contributed by atoms with Crippen molar-refractivity contribution in [1.29, 1.82) is 0 Å². The minimum atomic E-state index is -0.416. The van der Waals surface area contributed by atoms with Crippen molar-refractivity contribution in [3.8, 4) is 0 Å². The van der Waals surface area contributed by atoms with E-state index < -0.39 is 5.41 Å². The lowest BCUT2D eigenvalue weighted by Crippen LogP contribution is -2.27. The summed E-state index contributed by atoms with van der Waals surface area (Å²) in [6.45, 7) is 7.29. The molecule has 0 heterocycles. The highest BCUT2D eigenvalue weighted by atomic mass is 16.4. The first-order valence-electron chi connectivity index (χ1n) is 5.45.